The zero-order valence-corrected chi connectivity index (χ0v) is 23.5. The molecule has 0 spiro atoms. The van der Waals surface area contributed by atoms with Crippen LogP contribution in [0.1, 0.15) is 44.2 Å². The molecule has 6 N–H and O–H groups in total. The number of hydrogen-bond donors (Lipinski definition) is 6. The van der Waals surface area contributed by atoms with Crippen LogP contribution in [0.25, 0.3) is 10.9 Å². The number of para-hydroxylation sites is 1. The van der Waals surface area contributed by atoms with Crippen LogP contribution in [-0.2, 0) is 32.0 Å². The predicted molar refractivity (Wildman–Crippen MR) is 156 cm³/mol. The van der Waals surface area contributed by atoms with E-state index in [1.165, 1.54) is 0 Å². The normalized spacial score (nSPS) is 17.8. The van der Waals surface area contributed by atoms with E-state index in [2.05, 4.69) is 26.3 Å². The zero-order valence-electron chi connectivity index (χ0n) is 23.5. The summed E-state index contributed by atoms with van der Waals surface area (Å²) in [7, 11) is 0. The Morgan fingerprint density at radius 2 is 1.66 bits per heavy atom. The molecule has 1 aromatic heterocycles. The summed E-state index contributed by atoms with van der Waals surface area (Å²) in [6.07, 6.45) is 4.28. The maximum atomic E-state index is 13.7. The van der Waals surface area contributed by atoms with E-state index in [9.17, 15) is 24.3 Å². The summed E-state index contributed by atoms with van der Waals surface area (Å²) in [4.78, 5) is 55.4. The predicted octanol–water partition coefficient (Wildman–Crippen LogP) is 2.29. The molecule has 2 aromatic carbocycles. The fraction of sp³-hybridized carbons (Fsp3) is 0.419. The highest BCUT2D eigenvalue weighted by atomic mass is 16.4. The zero-order chi connectivity index (χ0) is 29.4. The molecule has 1 aliphatic heterocycles. The van der Waals surface area contributed by atoms with E-state index in [0.717, 1.165) is 35.0 Å². The molecule has 10 heteroatoms. The van der Waals surface area contributed by atoms with Crippen molar-refractivity contribution < 1.29 is 24.3 Å². The molecule has 4 rings (SSSR count). The Hall–Kier alpha value is -4.18. The van der Waals surface area contributed by atoms with Crippen LogP contribution in [0.4, 0.5) is 0 Å². The number of carbonyl (C=O) groups excluding carboxylic acids is 3. The summed E-state index contributed by atoms with van der Waals surface area (Å²) in [6, 6.07) is 13.3. The molecule has 2 heterocycles. The number of aromatic amines is 1. The summed E-state index contributed by atoms with van der Waals surface area (Å²) < 4.78 is 0. The van der Waals surface area contributed by atoms with E-state index in [1.54, 1.807) is 12.1 Å². The molecule has 3 aromatic rings. The molecular formula is C31H39N5O5. The van der Waals surface area contributed by atoms with Gasteiger partial charge < -0.3 is 31.4 Å². The number of carbonyl (C=O) groups is 4. The van der Waals surface area contributed by atoms with Crippen molar-refractivity contribution in [2.24, 2.45) is 5.92 Å². The Bertz CT molecular complexity index is 1350. The molecule has 0 aliphatic carbocycles. The highest BCUT2D eigenvalue weighted by molar-refractivity contribution is 5.95. The van der Waals surface area contributed by atoms with Crippen molar-refractivity contribution >= 4 is 34.6 Å². The minimum atomic E-state index is -1.16. The molecule has 5 atom stereocenters. The van der Waals surface area contributed by atoms with E-state index in [4.69, 9.17) is 0 Å². The quantitative estimate of drug-likeness (QED) is 0.188. The van der Waals surface area contributed by atoms with Gasteiger partial charge in [0.15, 0.2) is 0 Å². The molecule has 1 saturated heterocycles. The minimum absolute atomic E-state index is 0.108. The number of carboxylic acids is 1. The van der Waals surface area contributed by atoms with Gasteiger partial charge in [0, 0.05) is 29.9 Å². The topological polar surface area (TPSA) is 152 Å². The van der Waals surface area contributed by atoms with Gasteiger partial charge in [-0.05, 0) is 42.5 Å². The third-order valence-electron chi connectivity index (χ3n) is 7.80. The van der Waals surface area contributed by atoms with Gasteiger partial charge in [0.25, 0.3) is 0 Å². The Morgan fingerprint density at radius 1 is 0.927 bits per heavy atom. The monoisotopic (exact) mass is 561 g/mol. The Balaban J connectivity index is 1.53. The number of hydrogen-bond acceptors (Lipinski definition) is 5. The lowest BCUT2D eigenvalue weighted by Crippen LogP contribution is -2.59. The first kappa shape index (κ1) is 29.8. The maximum Gasteiger partial charge on any atom is 0.326 e. The summed E-state index contributed by atoms with van der Waals surface area (Å²) >= 11 is 0. The van der Waals surface area contributed by atoms with E-state index >= 15 is 0 Å². The van der Waals surface area contributed by atoms with Crippen molar-refractivity contribution in [1.29, 1.82) is 0 Å². The van der Waals surface area contributed by atoms with Crippen molar-refractivity contribution in [3.8, 4) is 0 Å². The molecule has 1 aliphatic rings. The molecule has 0 radical (unpaired) electrons. The summed E-state index contributed by atoms with van der Waals surface area (Å²) in [5.74, 6) is -2.79. The first-order valence-corrected chi connectivity index (χ1v) is 14.2. The first-order chi connectivity index (χ1) is 19.8. The lowest BCUT2D eigenvalue weighted by molar-refractivity contribution is -0.142. The van der Waals surface area contributed by atoms with Crippen LogP contribution in [0.3, 0.4) is 0 Å². The summed E-state index contributed by atoms with van der Waals surface area (Å²) in [6.45, 7) is 4.46. The second-order valence-electron chi connectivity index (χ2n) is 10.7. The number of fused-ring (bicyclic) bond motifs is 1. The molecule has 0 bridgehead atoms. The summed E-state index contributed by atoms with van der Waals surface area (Å²) in [5, 5.41) is 22.3. The maximum absolute atomic E-state index is 13.7. The van der Waals surface area contributed by atoms with Crippen LogP contribution < -0.4 is 21.3 Å². The van der Waals surface area contributed by atoms with Gasteiger partial charge in [-0.2, -0.15) is 0 Å². The van der Waals surface area contributed by atoms with Crippen molar-refractivity contribution in [2.75, 3.05) is 6.54 Å². The van der Waals surface area contributed by atoms with Gasteiger partial charge in [-0.1, -0.05) is 68.8 Å². The van der Waals surface area contributed by atoms with Gasteiger partial charge in [-0.15, -0.1) is 0 Å². The lowest BCUT2D eigenvalue weighted by Gasteiger charge is -2.28. The number of nitrogens with one attached hydrogen (secondary N) is 5. The third-order valence-corrected chi connectivity index (χ3v) is 7.80. The first-order valence-electron chi connectivity index (χ1n) is 14.2. The smallest absolute Gasteiger partial charge is 0.326 e. The third kappa shape index (κ3) is 7.73. The van der Waals surface area contributed by atoms with Crippen LogP contribution in [-0.4, -0.2) is 64.5 Å². The highest BCUT2D eigenvalue weighted by Crippen LogP contribution is 2.20. The van der Waals surface area contributed by atoms with Crippen molar-refractivity contribution in [3.63, 3.8) is 0 Å². The fourth-order valence-electron chi connectivity index (χ4n) is 5.18. The molecule has 5 unspecified atom stereocenters. The number of benzene rings is 2. The van der Waals surface area contributed by atoms with Crippen molar-refractivity contribution in [1.82, 2.24) is 26.3 Å². The average Bonchev–Trinajstić information content (AvgIpc) is 3.66. The molecule has 218 valence electrons. The molecule has 41 heavy (non-hydrogen) atoms. The number of aromatic nitrogens is 1. The average molecular weight is 562 g/mol. The van der Waals surface area contributed by atoms with Crippen molar-refractivity contribution in [2.45, 2.75) is 70.1 Å². The second-order valence-corrected chi connectivity index (χ2v) is 10.7. The van der Waals surface area contributed by atoms with Crippen LogP contribution in [0.15, 0.2) is 60.8 Å². The minimum Gasteiger partial charge on any atom is -0.480 e. The highest BCUT2D eigenvalue weighted by Gasteiger charge is 2.34. The standard InChI is InChI=1S/C31H39N5O5/c1-3-19(2)27(30(39)35-26(31(40)41)16-20-10-5-4-6-11-20)36-29(38)25(34-28(37)24-14-9-15-32-24)17-21-18-33-23-13-8-7-12-22(21)23/h4-8,10-13,18-19,24-27,32-33H,3,9,14-17H2,1-2H3,(H,34,37)(H,35,39)(H,36,38)(H,40,41). The Morgan fingerprint density at radius 3 is 2.34 bits per heavy atom. The number of aliphatic carboxylic acids is 1. The van der Waals surface area contributed by atoms with Gasteiger partial charge in [0.1, 0.15) is 18.1 Å². The number of carboxylic acid groups (broad SMARTS) is 1. The van der Waals surface area contributed by atoms with Crippen LogP contribution >= 0.6 is 0 Å². The summed E-state index contributed by atoms with van der Waals surface area (Å²) in [5.41, 5.74) is 2.55. The van der Waals surface area contributed by atoms with E-state index in [-0.39, 0.29) is 30.7 Å². The molecule has 3 amide bonds. The lowest BCUT2D eigenvalue weighted by atomic mass is 9.96. The number of rotatable bonds is 13. The Kier molecular flexibility index (Phi) is 10.1. The van der Waals surface area contributed by atoms with Gasteiger partial charge >= 0.3 is 5.97 Å². The van der Waals surface area contributed by atoms with E-state index < -0.39 is 35.9 Å². The fourth-order valence-corrected chi connectivity index (χ4v) is 5.18. The molecular weight excluding hydrogens is 522 g/mol. The molecule has 1 fully saturated rings. The van der Waals surface area contributed by atoms with Gasteiger partial charge in [-0.25, -0.2) is 4.79 Å². The van der Waals surface area contributed by atoms with Crippen LogP contribution in [0, 0.1) is 5.92 Å². The van der Waals surface area contributed by atoms with Crippen LogP contribution in [0.5, 0.6) is 0 Å². The van der Waals surface area contributed by atoms with Gasteiger partial charge in [0.2, 0.25) is 17.7 Å². The number of amides is 3. The van der Waals surface area contributed by atoms with Crippen LogP contribution in [0.2, 0.25) is 0 Å². The van der Waals surface area contributed by atoms with Crippen molar-refractivity contribution in [3.05, 3.63) is 71.9 Å². The van der Waals surface area contributed by atoms with Gasteiger partial charge in [0.05, 0.1) is 6.04 Å². The SMILES string of the molecule is CCC(C)C(NC(=O)C(Cc1c[nH]c2ccccc12)NC(=O)C1CCCN1)C(=O)NC(Cc1ccccc1)C(=O)O. The Labute approximate surface area is 239 Å². The van der Waals surface area contributed by atoms with Gasteiger partial charge in [-0.3, -0.25) is 14.4 Å². The number of H-pyrrole nitrogens is 1. The molecule has 10 nitrogen and oxygen atoms in total. The molecule has 0 saturated carbocycles. The largest absolute Gasteiger partial charge is 0.480 e. The second kappa shape index (κ2) is 13.9. The van der Waals surface area contributed by atoms with E-state index in [1.807, 2.05) is 62.5 Å². The van der Waals surface area contributed by atoms with E-state index in [0.29, 0.717) is 12.8 Å².